The van der Waals surface area contributed by atoms with E-state index in [0.717, 1.165) is 49.0 Å². The average molecular weight is 2120 g/mol. The van der Waals surface area contributed by atoms with Crippen molar-refractivity contribution in [3.05, 3.63) is 0 Å². The summed E-state index contributed by atoms with van der Waals surface area (Å²) in [5.74, 6) is -3.91. The minimum absolute atomic E-state index is 0.805. The van der Waals surface area contributed by atoms with Gasteiger partial charge in [0.2, 0.25) is 23.6 Å². The molecule has 33 N–H and O–H groups in total. The lowest BCUT2D eigenvalue weighted by Gasteiger charge is -2.52. The fraction of sp³-hybridized carbons (Fsp3) is 0.951. The third-order valence-corrected chi connectivity index (χ3v) is 26.9. The number of hydrogen-bond acceptors (Lipinski definition) is 59. The first-order valence-electron chi connectivity index (χ1n) is 46.6. The number of amides is 4. The third-order valence-electron chi connectivity index (χ3n) is 26.9. The van der Waals surface area contributed by atoms with Gasteiger partial charge in [-0.1, -0.05) is 0 Å². The van der Waals surface area contributed by atoms with Crippen molar-refractivity contribution in [2.75, 3.05) is 94.0 Å². The Morgan fingerprint density at radius 2 is 0.531 bits per heavy atom. The Hall–Kier alpha value is -4.32. The molecule has 0 aromatic heterocycles. The van der Waals surface area contributed by atoms with Gasteiger partial charge in [-0.25, -0.2) is 0 Å². The second-order valence-electron chi connectivity index (χ2n) is 36.9. The van der Waals surface area contributed by atoms with Crippen molar-refractivity contribution in [2.45, 2.75) is 397 Å². The number of aliphatic hydroxyl groups excluding tert-OH is 29. The molecule has 12 fully saturated rings. The monoisotopic (exact) mass is 2120 g/mol. The predicted octanol–water partition coefficient (Wildman–Crippen LogP) is -23.0. The minimum Gasteiger partial charge on any atom is -0.394 e. The fourth-order valence-electron chi connectivity index (χ4n) is 19.0. The summed E-state index contributed by atoms with van der Waals surface area (Å²) in [6.45, 7) is -6.40. The number of aliphatic hydroxyl groups is 29. The summed E-state index contributed by atoms with van der Waals surface area (Å²) in [7, 11) is 3.26. The lowest BCUT2D eigenvalue weighted by molar-refractivity contribution is -0.405. The van der Waals surface area contributed by atoms with Crippen molar-refractivity contribution >= 4 is 23.6 Å². The van der Waals surface area contributed by atoms with Gasteiger partial charge in [0.25, 0.3) is 0 Å². The summed E-state index contributed by atoms with van der Waals surface area (Å²) in [6, 6.07) is -7.98. The van der Waals surface area contributed by atoms with Crippen LogP contribution >= 0.6 is 0 Å². The summed E-state index contributed by atoms with van der Waals surface area (Å²) in [6.07, 6.45) is -112. The van der Waals surface area contributed by atoms with E-state index in [0.29, 0.717) is 0 Å². The lowest BCUT2D eigenvalue weighted by Crippen LogP contribution is -2.71. The molecule has 0 aromatic carbocycles. The van der Waals surface area contributed by atoms with Crippen molar-refractivity contribution < 1.29 is 290 Å². The van der Waals surface area contributed by atoms with Gasteiger partial charge in [-0.15, -0.1) is 0 Å². The molecule has 0 radical (unpaired) electrons. The number of rotatable bonds is 39. The molecule has 0 spiro atoms. The summed E-state index contributed by atoms with van der Waals surface area (Å²) in [5, 5.41) is 339. The zero-order valence-corrected chi connectivity index (χ0v) is 79.1. The quantitative estimate of drug-likeness (QED) is 0.0272. The van der Waals surface area contributed by atoms with Crippen LogP contribution in [0.15, 0.2) is 0 Å². The summed E-state index contributed by atoms with van der Waals surface area (Å²) >= 11 is 0. The van der Waals surface area contributed by atoms with Crippen LogP contribution in [0.3, 0.4) is 0 Å². The van der Waals surface area contributed by atoms with E-state index in [9.17, 15) is 167 Å². The molecule has 0 saturated carbocycles. The first-order chi connectivity index (χ1) is 68.7. The summed E-state index contributed by atoms with van der Waals surface area (Å²) in [4.78, 5) is 53.2. The van der Waals surface area contributed by atoms with Gasteiger partial charge in [0, 0.05) is 49.0 Å². The molecule has 0 aliphatic carbocycles. The normalized spacial score (nSPS) is 49.6. The zero-order valence-electron chi connectivity index (χ0n) is 79.1. The molecule has 63 heteroatoms. The van der Waals surface area contributed by atoms with Gasteiger partial charge < -0.3 is 293 Å². The summed E-state index contributed by atoms with van der Waals surface area (Å²) < 4.78 is 156. The average Bonchev–Trinajstić information content (AvgIpc) is 0.756. The molecule has 12 aliphatic heterocycles. The smallest absolute Gasteiger partial charge is 0.217 e. The molecular formula is C82H138N4O59. The first-order valence-corrected chi connectivity index (χ1v) is 46.6. The molecule has 0 bridgehead atoms. The molecule has 12 aliphatic rings. The fourth-order valence-corrected chi connectivity index (χ4v) is 19.0. The Kier molecular flexibility index (Phi) is 43.4. The largest absolute Gasteiger partial charge is 0.394 e. The van der Waals surface area contributed by atoms with Gasteiger partial charge >= 0.3 is 0 Å². The third kappa shape index (κ3) is 26.7. The van der Waals surface area contributed by atoms with Crippen LogP contribution in [0.25, 0.3) is 0 Å². The highest BCUT2D eigenvalue weighted by Gasteiger charge is 2.63. The van der Waals surface area contributed by atoms with E-state index in [-0.39, 0.29) is 0 Å². The van der Waals surface area contributed by atoms with E-state index in [2.05, 4.69) is 21.3 Å². The van der Waals surface area contributed by atoms with Crippen LogP contribution in [0.5, 0.6) is 0 Å². The molecule has 12 saturated heterocycles. The van der Waals surface area contributed by atoms with Crippen molar-refractivity contribution in [1.29, 1.82) is 0 Å². The highest BCUT2D eigenvalue weighted by atomic mass is 16.8. The van der Waals surface area contributed by atoms with Gasteiger partial charge in [0.05, 0.1) is 78.8 Å². The number of hydrogen-bond donors (Lipinski definition) is 33. The molecule has 12 rings (SSSR count). The minimum atomic E-state index is -2.53. The van der Waals surface area contributed by atoms with Crippen molar-refractivity contribution in [2.24, 2.45) is 0 Å². The molecule has 63 nitrogen and oxygen atoms in total. The Morgan fingerprint density at radius 1 is 0.234 bits per heavy atom. The van der Waals surface area contributed by atoms with Gasteiger partial charge in [0.15, 0.2) is 75.5 Å². The number of carbonyl (C=O) groups is 4. The number of ether oxygens (including phenoxy) is 26. The number of nitrogens with one attached hydrogen (secondary N) is 4. The highest BCUT2D eigenvalue weighted by Crippen LogP contribution is 2.43. The van der Waals surface area contributed by atoms with E-state index in [1.54, 1.807) is 0 Å². The van der Waals surface area contributed by atoms with E-state index >= 15 is 0 Å². The van der Waals surface area contributed by atoms with Crippen LogP contribution in [-0.4, -0.2) is 628 Å². The molecule has 0 aromatic rings. The van der Waals surface area contributed by atoms with Crippen LogP contribution < -0.4 is 21.3 Å². The van der Waals surface area contributed by atoms with Gasteiger partial charge in [0.1, 0.15) is 281 Å². The van der Waals surface area contributed by atoms with Crippen LogP contribution in [0.1, 0.15) is 34.6 Å². The van der Waals surface area contributed by atoms with Crippen LogP contribution in [0, 0.1) is 0 Å². The zero-order chi connectivity index (χ0) is 106. The van der Waals surface area contributed by atoms with Crippen molar-refractivity contribution in [3.63, 3.8) is 0 Å². The second kappa shape index (κ2) is 52.7. The van der Waals surface area contributed by atoms with Gasteiger partial charge in [-0.2, -0.15) is 0 Å². The maximum atomic E-state index is 13.6. The van der Waals surface area contributed by atoms with E-state index in [4.69, 9.17) is 123 Å². The number of carbonyl (C=O) groups excluding carboxylic acids is 4. The molecule has 145 heavy (non-hydrogen) atoms. The summed E-state index contributed by atoms with van der Waals surface area (Å²) in [5.41, 5.74) is 0. The SMILES string of the molecule is CO[C@H]1[C@@H](O)[C@@H](CO)O[C@@H](OC[C@H]2O[C@@H](O[C@H]3[C@H](O)[C@@H](CO[C@@H]4O[C@H](CO)[C@H](O)[C@H](OC)[C@H]4O)O[C@@H](O[C@H]4[C@H](O)[C@@H](NC(C)=O)[C@H](O[C@@H]5[C@@H](OC[C@H]6O[C@@H](O[C@H]7[C@H](O)[C@@H](NC(C)=O)[C@H](O[C@H]8[C@H](O)[C@@H](NC(C)=O)C(O)O[C@@H]8CO[C@@H]8O[C@@H](C)[C@@H](O)[C@@H](O)[C@@H]8O)O[C@@H]7CO)[C@@H](O[C@@H]7OC[C@@H](O)[C@H](O)[C@H]7O)[C@@H](O[C@H]7O[C@H](CO)[C@@H](O)[C@H](O)[C@@H]7O)[C@@H]6O)O[C@H](CO)[C@@H](O)[C@@H]5O)O[C@@H]4CO)[C@@H]3NC(C)=O)[C@H](O)[C@@H](OC)[C@H]2O)[C@@H]1O. The molecule has 4 amide bonds. The van der Waals surface area contributed by atoms with Crippen LogP contribution in [0.4, 0.5) is 0 Å². The molecule has 1 unspecified atom stereocenters. The van der Waals surface area contributed by atoms with Crippen molar-refractivity contribution in [1.82, 2.24) is 21.3 Å². The Morgan fingerprint density at radius 3 is 1.01 bits per heavy atom. The maximum Gasteiger partial charge on any atom is 0.217 e. The molecule has 840 valence electrons. The van der Waals surface area contributed by atoms with Gasteiger partial charge in [-0.3, -0.25) is 19.2 Å². The predicted molar refractivity (Wildman–Crippen MR) is 448 cm³/mol. The molecule has 59 atom stereocenters. The van der Waals surface area contributed by atoms with Crippen molar-refractivity contribution in [3.8, 4) is 0 Å². The van der Waals surface area contributed by atoms with Crippen LogP contribution in [-0.2, 0) is 142 Å². The van der Waals surface area contributed by atoms with Gasteiger partial charge in [-0.05, 0) is 6.92 Å². The second-order valence-corrected chi connectivity index (χ2v) is 36.9. The molecular weight excluding hydrogens is 1980 g/mol. The lowest BCUT2D eigenvalue weighted by atomic mass is 9.93. The first kappa shape index (κ1) is 119. The number of methoxy groups -OCH3 is 3. The van der Waals surface area contributed by atoms with Crippen LogP contribution in [0.2, 0.25) is 0 Å². The van der Waals surface area contributed by atoms with E-state index < -0.39 is 458 Å². The Balaban J connectivity index is 0.858. The standard InChI is InChI=1S/C82H138N4O59/c1-20-40(98)52(110)56(114)75(128-20)126-19-35-63(49(107)36(71(119)129-35)83-21(2)93)140-72-37(84-22(3)94)51(109)62(31(14-92)134-72)141-82-70(145-76-55(113)41(99)25(97)15-123-76)68(143-79-57(115)53(111)42(100)26(9-87)132-79)48(106)34(138-82)18-127-81-69(54(112)43(101)27(10-88)133-81)144-73-38(85-23(4)95)50(108)61(30(13-91)135-73)139-74-39(86-24(5)96)64(46(104)32(136-74)16-124-77-58(116)65(120-6)44(102)28(11-89)130-77)142-80-60(118)67(122-8)47(105)33(137-80)17-125-78-59(117)66(121-7)45(103)29(12-90)131-78/h20,25-82,87-92,97-119H,9-19H2,1-8H3,(H,83,93)(H,84,94)(H,85,95)(H,86,96)/t20-,25+,26+,27+,28+,29+,30+,31+,32+,33+,34+,35+,36+,37+,38+,39+,40+,41-,42+,43+,44-,45-,46+,47-,48+,49+,50+,51+,52+,53-,54-,55+,56-,57-,58+,59+,60+,61+,62+,63+,64+,65-,66-,67-,68-,69-,70-,71?,72-,73-,74-,75+,76-,77+,78+,79+,80-,81-,82-/m0/s1. The van der Waals surface area contributed by atoms with E-state index in [1.165, 1.54) is 6.92 Å². The highest BCUT2D eigenvalue weighted by molar-refractivity contribution is 5.74. The Bertz CT molecular complexity index is 3980. The molecule has 12 heterocycles. The topological polar surface area (TPSA) is 943 Å². The maximum absolute atomic E-state index is 13.6. The Labute approximate surface area is 823 Å². The van der Waals surface area contributed by atoms with E-state index in [1.807, 2.05) is 0 Å².